The van der Waals surface area contributed by atoms with E-state index in [1.807, 2.05) is 29.9 Å². The summed E-state index contributed by atoms with van der Waals surface area (Å²) in [4.78, 5) is 11.4. The molecule has 1 saturated heterocycles. The molecule has 4 rings (SSSR count). The van der Waals surface area contributed by atoms with Crippen LogP contribution < -0.4 is 9.64 Å². The monoisotopic (exact) mass is 447 g/mol. The summed E-state index contributed by atoms with van der Waals surface area (Å²) >= 11 is 3.50. The van der Waals surface area contributed by atoms with Gasteiger partial charge in [-0.2, -0.15) is 9.97 Å². The maximum absolute atomic E-state index is 5.89. The van der Waals surface area contributed by atoms with Crippen LogP contribution in [0.3, 0.4) is 0 Å². The molecule has 1 aliphatic rings. The molecule has 0 atom stereocenters. The lowest BCUT2D eigenvalue weighted by Gasteiger charge is -2.26. The summed E-state index contributed by atoms with van der Waals surface area (Å²) in [5.74, 6) is 1.13. The number of nitrogens with zero attached hydrogens (tertiary/aromatic N) is 5. The number of fused-ring (bicyclic) bond motifs is 1. The zero-order chi connectivity index (χ0) is 19.5. The summed E-state index contributed by atoms with van der Waals surface area (Å²) in [6.07, 6.45) is 1.91. The molecule has 1 aliphatic heterocycles. The van der Waals surface area contributed by atoms with Gasteiger partial charge >= 0.3 is 0 Å². The summed E-state index contributed by atoms with van der Waals surface area (Å²) in [6, 6.07) is 6.07. The molecule has 0 saturated carbocycles. The number of rotatable bonds is 6. The Bertz CT molecular complexity index is 972. The van der Waals surface area contributed by atoms with Crippen LogP contribution in [-0.4, -0.2) is 66.4 Å². The quantitative estimate of drug-likeness (QED) is 0.537. The number of hydrogen-bond acceptors (Lipinski definition) is 7. The van der Waals surface area contributed by atoms with E-state index >= 15 is 0 Å². The second-order valence-electron chi connectivity index (χ2n) is 6.51. The highest BCUT2D eigenvalue weighted by Crippen LogP contribution is 2.27. The lowest BCUT2D eigenvalue weighted by atomic mass is 10.2. The topological polar surface area (TPSA) is 74.5 Å². The molecule has 148 valence electrons. The fourth-order valence-electron chi connectivity index (χ4n) is 3.10. The molecular weight excluding hydrogens is 426 g/mol. The number of hydrogen-bond donors (Lipinski definition) is 0. The van der Waals surface area contributed by atoms with Gasteiger partial charge in [0.15, 0.2) is 5.65 Å². The number of halogens is 1. The second kappa shape index (κ2) is 8.42. The van der Waals surface area contributed by atoms with Crippen molar-refractivity contribution in [2.24, 2.45) is 0 Å². The fraction of sp³-hybridized carbons (Fsp3) is 0.421. The van der Waals surface area contributed by atoms with Crippen LogP contribution in [0.5, 0.6) is 5.88 Å². The van der Waals surface area contributed by atoms with E-state index in [0.717, 1.165) is 34.2 Å². The molecule has 0 N–H and O–H groups in total. The van der Waals surface area contributed by atoms with Crippen LogP contribution in [0.25, 0.3) is 16.7 Å². The van der Waals surface area contributed by atoms with E-state index in [1.165, 1.54) is 0 Å². The molecule has 28 heavy (non-hydrogen) atoms. The third-order valence-electron chi connectivity index (χ3n) is 4.56. The van der Waals surface area contributed by atoms with Gasteiger partial charge in [-0.1, -0.05) is 15.9 Å². The number of methoxy groups -OCH3 is 1. The predicted molar refractivity (Wildman–Crippen MR) is 110 cm³/mol. The van der Waals surface area contributed by atoms with E-state index in [2.05, 4.69) is 36.9 Å². The summed E-state index contributed by atoms with van der Waals surface area (Å²) in [5, 5.41) is 5.47. The molecule has 0 spiro atoms. The number of ether oxygens (including phenoxy) is 3. The van der Waals surface area contributed by atoms with Gasteiger partial charge in [0.1, 0.15) is 12.0 Å². The van der Waals surface area contributed by atoms with Crippen molar-refractivity contribution in [3.05, 3.63) is 34.4 Å². The molecule has 0 bridgehead atoms. The molecule has 0 radical (unpaired) electrons. The lowest BCUT2D eigenvalue weighted by molar-refractivity contribution is 0.121. The summed E-state index contributed by atoms with van der Waals surface area (Å²) < 4.78 is 19.3. The minimum Gasteiger partial charge on any atom is -0.475 e. The highest BCUT2D eigenvalue weighted by Gasteiger charge is 2.20. The van der Waals surface area contributed by atoms with Crippen LogP contribution in [0, 0.1) is 6.92 Å². The number of aryl methyl sites for hydroxylation is 1. The Morgan fingerprint density at radius 2 is 2.00 bits per heavy atom. The molecular formula is C19H22BrN5O3. The molecule has 0 aliphatic carbocycles. The van der Waals surface area contributed by atoms with Crippen molar-refractivity contribution >= 4 is 32.9 Å². The predicted octanol–water partition coefficient (Wildman–Crippen LogP) is 2.75. The van der Waals surface area contributed by atoms with Crippen LogP contribution in [0.2, 0.25) is 0 Å². The van der Waals surface area contributed by atoms with Gasteiger partial charge in [0, 0.05) is 30.9 Å². The van der Waals surface area contributed by atoms with E-state index in [0.29, 0.717) is 43.9 Å². The Morgan fingerprint density at radius 3 is 2.75 bits per heavy atom. The minimum atomic E-state index is 0.410. The zero-order valence-corrected chi connectivity index (χ0v) is 17.5. The van der Waals surface area contributed by atoms with Crippen LogP contribution in [0.4, 0.5) is 5.95 Å². The van der Waals surface area contributed by atoms with E-state index in [1.54, 1.807) is 7.11 Å². The molecule has 2 aromatic heterocycles. The van der Waals surface area contributed by atoms with Crippen LogP contribution >= 0.6 is 15.9 Å². The van der Waals surface area contributed by atoms with Crippen LogP contribution in [-0.2, 0) is 9.47 Å². The molecule has 0 amide bonds. The molecule has 1 aromatic carbocycles. The first-order valence-electron chi connectivity index (χ1n) is 9.14. The molecule has 0 unspecified atom stereocenters. The number of aromatic nitrogens is 4. The smallest absolute Gasteiger partial charge is 0.230 e. The number of anilines is 1. The van der Waals surface area contributed by atoms with Gasteiger partial charge in [-0.05, 0) is 30.7 Å². The first-order chi connectivity index (χ1) is 13.7. The Kier molecular flexibility index (Phi) is 5.74. The maximum Gasteiger partial charge on any atom is 0.230 e. The molecule has 3 aromatic rings. The third kappa shape index (κ3) is 3.96. The van der Waals surface area contributed by atoms with Crippen LogP contribution in [0.15, 0.2) is 28.9 Å². The first-order valence-corrected chi connectivity index (χ1v) is 9.93. The van der Waals surface area contributed by atoms with Gasteiger partial charge in [-0.15, -0.1) is 5.10 Å². The van der Waals surface area contributed by atoms with Gasteiger partial charge in [0.05, 0.1) is 25.5 Å². The van der Waals surface area contributed by atoms with Crippen molar-refractivity contribution < 1.29 is 14.2 Å². The number of morpholine rings is 1. The average molecular weight is 448 g/mol. The van der Waals surface area contributed by atoms with Crippen molar-refractivity contribution in [1.82, 2.24) is 19.7 Å². The highest BCUT2D eigenvalue weighted by atomic mass is 79.9. The molecule has 3 heterocycles. The Morgan fingerprint density at radius 1 is 1.18 bits per heavy atom. The molecule has 8 nitrogen and oxygen atoms in total. The first kappa shape index (κ1) is 19.1. The summed E-state index contributed by atoms with van der Waals surface area (Å²) in [6.45, 7) is 5.76. The average Bonchev–Trinajstić information content (AvgIpc) is 3.12. The van der Waals surface area contributed by atoms with Gasteiger partial charge in [0.25, 0.3) is 0 Å². The Labute approximate surface area is 171 Å². The van der Waals surface area contributed by atoms with Crippen LogP contribution in [0.1, 0.15) is 5.56 Å². The lowest BCUT2D eigenvalue weighted by Crippen LogP contribution is -2.37. The van der Waals surface area contributed by atoms with Crippen molar-refractivity contribution in [3.63, 3.8) is 0 Å². The van der Waals surface area contributed by atoms with E-state index < -0.39 is 0 Å². The maximum atomic E-state index is 5.89. The minimum absolute atomic E-state index is 0.410. The summed E-state index contributed by atoms with van der Waals surface area (Å²) in [5.41, 5.74) is 2.69. The van der Waals surface area contributed by atoms with Crippen molar-refractivity contribution in [1.29, 1.82) is 0 Å². The van der Waals surface area contributed by atoms with Gasteiger partial charge in [-0.25, -0.2) is 4.68 Å². The highest BCUT2D eigenvalue weighted by molar-refractivity contribution is 9.10. The van der Waals surface area contributed by atoms with E-state index in [9.17, 15) is 0 Å². The van der Waals surface area contributed by atoms with Crippen molar-refractivity contribution in [2.75, 3.05) is 51.5 Å². The standard InChI is InChI=1S/C19H22BrN5O3/c1-13-11-14(20)3-4-16(13)25-12-15-17(23-25)21-19(24-5-7-27-8-6-24)22-18(15)28-10-9-26-2/h3-4,11-12H,5-10H2,1-2H3. The Balaban J connectivity index is 1.76. The van der Waals surface area contributed by atoms with Gasteiger partial charge in [-0.3, -0.25) is 0 Å². The van der Waals surface area contributed by atoms with E-state index in [-0.39, 0.29) is 0 Å². The third-order valence-corrected chi connectivity index (χ3v) is 5.05. The fourth-order valence-corrected chi connectivity index (χ4v) is 3.58. The zero-order valence-electron chi connectivity index (χ0n) is 15.9. The largest absolute Gasteiger partial charge is 0.475 e. The second-order valence-corrected chi connectivity index (χ2v) is 7.43. The molecule has 1 fully saturated rings. The Hall–Kier alpha value is -2.23. The van der Waals surface area contributed by atoms with Crippen molar-refractivity contribution in [3.8, 4) is 11.6 Å². The van der Waals surface area contributed by atoms with E-state index in [4.69, 9.17) is 19.3 Å². The van der Waals surface area contributed by atoms with Crippen molar-refractivity contribution in [2.45, 2.75) is 6.92 Å². The van der Waals surface area contributed by atoms with Gasteiger partial charge in [0.2, 0.25) is 11.8 Å². The molecule has 9 heteroatoms. The number of benzene rings is 1. The SMILES string of the molecule is COCCOc1nc(N2CCOCC2)nc2nn(-c3ccc(Br)cc3C)cc12. The normalized spacial score (nSPS) is 14.6. The summed E-state index contributed by atoms with van der Waals surface area (Å²) in [7, 11) is 1.65. The van der Waals surface area contributed by atoms with Gasteiger partial charge < -0.3 is 19.1 Å².